The Morgan fingerprint density at radius 3 is 2.38 bits per heavy atom. The van der Waals surface area contributed by atoms with Crippen LogP contribution in [0.3, 0.4) is 0 Å². The number of ether oxygens (including phenoxy) is 3. The van der Waals surface area contributed by atoms with Crippen molar-refractivity contribution in [3.63, 3.8) is 0 Å². The van der Waals surface area contributed by atoms with Gasteiger partial charge in [0.05, 0.1) is 24.6 Å². The van der Waals surface area contributed by atoms with Gasteiger partial charge in [-0.05, 0) is 50.2 Å². The van der Waals surface area contributed by atoms with Crippen molar-refractivity contribution in [3.05, 3.63) is 42.7 Å². The summed E-state index contributed by atoms with van der Waals surface area (Å²) in [5.41, 5.74) is 0.552. The first kappa shape index (κ1) is 22.1. The van der Waals surface area contributed by atoms with Crippen LogP contribution in [0.4, 0.5) is 5.82 Å². The van der Waals surface area contributed by atoms with Gasteiger partial charge in [-0.3, -0.25) is 4.72 Å². The summed E-state index contributed by atoms with van der Waals surface area (Å²) in [5.74, 6) is 1.81. The van der Waals surface area contributed by atoms with Gasteiger partial charge in [0.1, 0.15) is 18.2 Å². The molecule has 1 aliphatic heterocycles. The summed E-state index contributed by atoms with van der Waals surface area (Å²) in [6.07, 6.45) is 3.26. The molecule has 1 N–H and O–H groups in total. The van der Waals surface area contributed by atoms with Crippen LogP contribution in [0.5, 0.6) is 17.2 Å². The molecule has 4 rings (SSSR count). The SMILES string of the molecule is COc1ccc(S(=O)(=O)Nc2ncnc3cc(OC4CCN(C)CC4)c(OC)cc23)cc1. The Morgan fingerprint density at radius 1 is 1.00 bits per heavy atom. The summed E-state index contributed by atoms with van der Waals surface area (Å²) in [5, 5.41) is 0.511. The highest BCUT2D eigenvalue weighted by atomic mass is 32.2. The second-order valence-electron chi connectivity index (χ2n) is 7.64. The Morgan fingerprint density at radius 2 is 1.72 bits per heavy atom. The van der Waals surface area contributed by atoms with E-state index in [0.717, 1.165) is 25.9 Å². The molecular weight excluding hydrogens is 432 g/mol. The van der Waals surface area contributed by atoms with E-state index in [9.17, 15) is 8.42 Å². The number of anilines is 1. The molecule has 0 bridgehead atoms. The van der Waals surface area contributed by atoms with Gasteiger partial charge < -0.3 is 19.1 Å². The number of aromatic nitrogens is 2. The predicted molar refractivity (Wildman–Crippen MR) is 121 cm³/mol. The molecule has 0 spiro atoms. The van der Waals surface area contributed by atoms with Crippen LogP contribution >= 0.6 is 0 Å². The Bertz CT molecular complexity index is 1190. The summed E-state index contributed by atoms with van der Waals surface area (Å²) in [6.45, 7) is 1.94. The molecule has 0 radical (unpaired) electrons. The van der Waals surface area contributed by atoms with Crippen molar-refractivity contribution in [1.82, 2.24) is 14.9 Å². The maximum Gasteiger partial charge on any atom is 0.263 e. The quantitative estimate of drug-likeness (QED) is 0.577. The third kappa shape index (κ3) is 4.71. The number of sulfonamides is 1. The monoisotopic (exact) mass is 458 g/mol. The molecule has 1 saturated heterocycles. The molecule has 32 heavy (non-hydrogen) atoms. The third-order valence-electron chi connectivity index (χ3n) is 5.48. The largest absolute Gasteiger partial charge is 0.497 e. The van der Waals surface area contributed by atoms with Crippen LogP contribution in [0.2, 0.25) is 0 Å². The number of likely N-dealkylation sites (tertiary alicyclic amines) is 1. The summed E-state index contributed by atoms with van der Waals surface area (Å²) < 4.78 is 45.1. The molecule has 0 unspecified atom stereocenters. The summed E-state index contributed by atoms with van der Waals surface area (Å²) in [6, 6.07) is 9.58. The Balaban J connectivity index is 1.64. The van der Waals surface area contributed by atoms with E-state index < -0.39 is 10.0 Å². The molecule has 10 heteroatoms. The summed E-state index contributed by atoms with van der Waals surface area (Å²) in [4.78, 5) is 10.8. The van der Waals surface area contributed by atoms with Gasteiger partial charge in [-0.1, -0.05) is 0 Å². The molecule has 0 aliphatic carbocycles. The van der Waals surface area contributed by atoms with Gasteiger partial charge in [-0.15, -0.1) is 0 Å². The van der Waals surface area contributed by atoms with E-state index in [4.69, 9.17) is 14.2 Å². The van der Waals surface area contributed by atoms with Crippen molar-refractivity contribution in [2.75, 3.05) is 39.1 Å². The molecule has 1 aromatic heterocycles. The van der Waals surface area contributed by atoms with E-state index in [0.29, 0.717) is 28.2 Å². The van der Waals surface area contributed by atoms with Crippen molar-refractivity contribution in [2.24, 2.45) is 0 Å². The van der Waals surface area contributed by atoms with Crippen molar-refractivity contribution in [1.29, 1.82) is 0 Å². The van der Waals surface area contributed by atoms with Gasteiger partial charge in [0.15, 0.2) is 17.3 Å². The van der Waals surface area contributed by atoms with Crippen molar-refractivity contribution >= 4 is 26.7 Å². The molecule has 9 nitrogen and oxygen atoms in total. The van der Waals surface area contributed by atoms with E-state index in [1.807, 2.05) is 0 Å². The minimum atomic E-state index is -3.86. The number of piperidine rings is 1. The minimum absolute atomic E-state index is 0.0902. The molecule has 0 atom stereocenters. The lowest BCUT2D eigenvalue weighted by atomic mass is 10.1. The average Bonchev–Trinajstić information content (AvgIpc) is 2.80. The van der Waals surface area contributed by atoms with Crippen LogP contribution in [0, 0.1) is 0 Å². The predicted octanol–water partition coefficient (Wildman–Crippen LogP) is 2.92. The van der Waals surface area contributed by atoms with E-state index in [2.05, 4.69) is 26.6 Å². The van der Waals surface area contributed by atoms with Crippen LogP contribution in [0.1, 0.15) is 12.8 Å². The van der Waals surface area contributed by atoms with Crippen LogP contribution in [0.15, 0.2) is 47.6 Å². The lowest BCUT2D eigenvalue weighted by Gasteiger charge is -2.29. The van der Waals surface area contributed by atoms with Gasteiger partial charge in [0.25, 0.3) is 10.0 Å². The zero-order valence-electron chi connectivity index (χ0n) is 18.2. The Kier molecular flexibility index (Phi) is 6.33. The average molecular weight is 459 g/mol. The fraction of sp³-hybridized carbons (Fsp3) is 0.364. The van der Waals surface area contributed by atoms with Crippen molar-refractivity contribution < 1.29 is 22.6 Å². The molecule has 3 aromatic rings. The number of nitrogens with one attached hydrogen (secondary N) is 1. The first-order valence-electron chi connectivity index (χ1n) is 10.2. The van der Waals surface area contributed by atoms with Crippen molar-refractivity contribution in [2.45, 2.75) is 23.8 Å². The Labute approximate surface area is 187 Å². The number of rotatable bonds is 7. The van der Waals surface area contributed by atoms with E-state index in [1.165, 1.54) is 25.6 Å². The standard InChI is InChI=1S/C22H26N4O5S/c1-26-10-8-16(9-11-26)31-21-13-19-18(12-20(21)30-3)22(24-14-23-19)25-32(27,28)17-6-4-15(29-2)5-7-17/h4-7,12-14,16H,8-11H2,1-3H3,(H,23,24,25). The van der Waals surface area contributed by atoms with E-state index in [-0.39, 0.29) is 16.8 Å². The highest BCUT2D eigenvalue weighted by molar-refractivity contribution is 7.92. The molecule has 2 heterocycles. The molecule has 0 saturated carbocycles. The van der Waals surface area contributed by atoms with Gasteiger partial charge in [0, 0.05) is 24.5 Å². The summed E-state index contributed by atoms with van der Waals surface area (Å²) >= 11 is 0. The smallest absolute Gasteiger partial charge is 0.263 e. The maximum absolute atomic E-state index is 12.9. The number of hydrogen-bond donors (Lipinski definition) is 1. The van der Waals surface area contributed by atoms with Crippen LogP contribution < -0.4 is 18.9 Å². The Hall–Kier alpha value is -3.11. The molecule has 170 valence electrons. The van der Waals surface area contributed by atoms with E-state index >= 15 is 0 Å². The number of methoxy groups -OCH3 is 2. The topological polar surface area (TPSA) is 103 Å². The number of benzene rings is 2. The fourth-order valence-corrected chi connectivity index (χ4v) is 4.65. The molecule has 1 aliphatic rings. The van der Waals surface area contributed by atoms with Crippen molar-refractivity contribution in [3.8, 4) is 17.2 Å². The minimum Gasteiger partial charge on any atom is -0.497 e. The summed E-state index contributed by atoms with van der Waals surface area (Å²) in [7, 11) is 1.31. The van der Waals surface area contributed by atoms with Gasteiger partial charge in [-0.25, -0.2) is 18.4 Å². The zero-order valence-corrected chi connectivity index (χ0v) is 19.1. The van der Waals surface area contributed by atoms with Gasteiger partial charge in [0.2, 0.25) is 0 Å². The lowest BCUT2D eigenvalue weighted by molar-refractivity contribution is 0.111. The van der Waals surface area contributed by atoms with Crippen LogP contribution in [-0.4, -0.2) is 63.7 Å². The highest BCUT2D eigenvalue weighted by Crippen LogP contribution is 2.36. The second kappa shape index (κ2) is 9.17. The third-order valence-corrected chi connectivity index (χ3v) is 6.84. The number of hydrogen-bond acceptors (Lipinski definition) is 8. The first-order chi connectivity index (χ1) is 15.4. The van der Waals surface area contributed by atoms with Crippen LogP contribution in [0.25, 0.3) is 10.9 Å². The lowest BCUT2D eigenvalue weighted by Crippen LogP contribution is -2.35. The first-order valence-corrected chi connectivity index (χ1v) is 11.7. The highest BCUT2D eigenvalue weighted by Gasteiger charge is 2.22. The normalized spacial score (nSPS) is 15.5. The number of nitrogens with zero attached hydrogens (tertiary/aromatic N) is 3. The van der Waals surface area contributed by atoms with Gasteiger partial charge in [-0.2, -0.15) is 0 Å². The van der Waals surface area contributed by atoms with E-state index in [1.54, 1.807) is 31.4 Å². The zero-order chi connectivity index (χ0) is 22.7. The maximum atomic E-state index is 12.9. The molecule has 0 amide bonds. The van der Waals surface area contributed by atoms with Crippen LogP contribution in [-0.2, 0) is 10.0 Å². The number of fused-ring (bicyclic) bond motifs is 1. The fourth-order valence-electron chi connectivity index (χ4n) is 3.62. The molecular formula is C22H26N4O5S. The van der Waals surface area contributed by atoms with Gasteiger partial charge >= 0.3 is 0 Å². The molecule has 1 fully saturated rings. The second-order valence-corrected chi connectivity index (χ2v) is 9.33. The molecule has 2 aromatic carbocycles.